The number of unbranched alkanes of at least 4 members (excludes halogenated alkanes) is 5. The second-order valence-electron chi connectivity index (χ2n) is 16.5. The SMILES string of the molecule is CC(C)(C)C(=O)OCOC(=O)[C@@H]1N2C(=O)[C@@H](NC(=O)[C@H](N)c3ccccc3)[C@H]2SC1(C)C.CCCCCCCCC(=O)O.COC(=O)Nc1nc2ccc(C(=O)c3cccs3)cc2[nH]1. The number of anilines is 1. The highest BCUT2D eigenvalue weighted by atomic mass is 32.2. The summed E-state index contributed by atoms with van der Waals surface area (Å²) in [4.78, 5) is 92.7. The maximum Gasteiger partial charge on any atom is 0.413 e. The van der Waals surface area contributed by atoms with E-state index in [-0.39, 0.29) is 17.6 Å². The van der Waals surface area contributed by atoms with Crippen LogP contribution in [0.25, 0.3) is 11.0 Å². The van der Waals surface area contributed by atoms with Crippen molar-refractivity contribution in [2.75, 3.05) is 19.2 Å². The molecule has 6 N–H and O–H groups in total. The molecule has 6 rings (SSSR count). The number of nitrogens with zero attached hydrogens (tertiary/aromatic N) is 2. The molecule has 2 saturated heterocycles. The average Bonchev–Trinajstić information content (AvgIpc) is 4.00. The van der Waals surface area contributed by atoms with E-state index in [2.05, 4.69) is 32.3 Å². The van der Waals surface area contributed by atoms with E-state index in [1.54, 1.807) is 69.3 Å². The highest BCUT2D eigenvalue weighted by Crippen LogP contribution is 2.51. The lowest BCUT2D eigenvalue weighted by atomic mass is 9.95. The molecule has 4 heterocycles. The fourth-order valence-electron chi connectivity index (χ4n) is 6.58. The first kappa shape index (κ1) is 50.9. The number of methoxy groups -OCH3 is 1. The van der Waals surface area contributed by atoms with Gasteiger partial charge in [0.05, 0.1) is 28.4 Å². The molecule has 64 heavy (non-hydrogen) atoms. The van der Waals surface area contributed by atoms with Crippen LogP contribution in [0.5, 0.6) is 0 Å². The predicted octanol–water partition coefficient (Wildman–Crippen LogP) is 7.18. The Labute approximate surface area is 380 Å². The van der Waals surface area contributed by atoms with Gasteiger partial charge in [-0.3, -0.25) is 29.3 Å². The van der Waals surface area contributed by atoms with E-state index in [4.69, 9.17) is 20.3 Å². The molecule has 17 nitrogen and oxygen atoms in total. The van der Waals surface area contributed by atoms with Gasteiger partial charge in [0.2, 0.25) is 30.3 Å². The number of aliphatic carboxylic acids is 1. The Kier molecular flexibility index (Phi) is 18.5. The number of esters is 2. The van der Waals surface area contributed by atoms with Gasteiger partial charge in [-0.2, -0.15) is 0 Å². The summed E-state index contributed by atoms with van der Waals surface area (Å²) in [5.41, 5.74) is 7.84. The summed E-state index contributed by atoms with van der Waals surface area (Å²) in [6.45, 7) is 10.4. The number of benzene rings is 2. The Hall–Kier alpha value is -5.79. The van der Waals surface area contributed by atoms with E-state index in [1.807, 2.05) is 31.4 Å². The van der Waals surface area contributed by atoms with Crippen LogP contribution in [0.1, 0.15) is 113 Å². The number of imidazole rings is 1. The standard InChI is InChI=1S/C22H29N3O6S.C14H11N3O3S.C9H18O2/c1-21(2,3)20(29)31-11-30-19(28)15-22(4,5)32-18-14(17(27)25(15)18)24-16(26)13(23)12-9-7-6-8-10-12;1-20-14(19)17-13-15-9-5-4-8(7-10(9)16-13)12(18)11-3-2-6-21-11;1-2-3-4-5-6-7-8-9(10)11/h6-10,13-15,18H,11,23H2,1-5H3,(H,24,26);2-7H,1H3,(H2,15,16,17,19);2-8H2,1H3,(H,10,11)/t13-,14-,15+,18-;;/m1../s1. The molecular weight excluding hydrogens is 865 g/mol. The van der Waals surface area contributed by atoms with Crippen molar-refractivity contribution >= 4 is 81.7 Å². The monoisotopic (exact) mass is 922 g/mol. The fraction of sp³-hybridized carbons (Fsp3) is 0.467. The molecule has 19 heteroatoms. The number of H-pyrrole nitrogens is 1. The first-order chi connectivity index (χ1) is 30.3. The maximum atomic E-state index is 12.8. The summed E-state index contributed by atoms with van der Waals surface area (Å²) < 4.78 is 14.0. The number of carboxylic acids is 1. The predicted molar refractivity (Wildman–Crippen MR) is 243 cm³/mol. The molecule has 4 aromatic rings. The van der Waals surface area contributed by atoms with Crippen molar-refractivity contribution in [1.82, 2.24) is 20.2 Å². The number of nitrogens with two attached hydrogens (primary N) is 1. The van der Waals surface area contributed by atoms with Crippen LogP contribution in [-0.2, 0) is 38.2 Å². The first-order valence-corrected chi connectivity index (χ1v) is 22.6. The molecule has 346 valence electrons. The number of rotatable bonds is 16. The van der Waals surface area contributed by atoms with Gasteiger partial charge in [-0.05, 0) is 76.2 Å². The Bertz CT molecular complexity index is 2240. The highest BCUT2D eigenvalue weighted by molar-refractivity contribution is 8.01. The minimum Gasteiger partial charge on any atom is -0.481 e. The number of thiophene rings is 1. The van der Waals surface area contributed by atoms with Crippen molar-refractivity contribution in [3.05, 3.63) is 82.0 Å². The normalized spacial score (nSPS) is 17.5. The summed E-state index contributed by atoms with van der Waals surface area (Å²) in [6, 6.07) is 15.1. The first-order valence-electron chi connectivity index (χ1n) is 20.9. The number of β-lactam (4-membered cyclic amide) rings is 1. The van der Waals surface area contributed by atoms with E-state index in [0.29, 0.717) is 33.5 Å². The Morgan fingerprint density at radius 1 is 0.969 bits per heavy atom. The number of thioether (sulfide) groups is 1. The number of hydrogen-bond acceptors (Lipinski definition) is 14. The van der Waals surface area contributed by atoms with E-state index in [0.717, 1.165) is 12.8 Å². The number of hydrogen-bond donors (Lipinski definition) is 5. The van der Waals surface area contributed by atoms with Crippen LogP contribution in [0.15, 0.2) is 66.0 Å². The zero-order chi connectivity index (χ0) is 47.2. The van der Waals surface area contributed by atoms with E-state index in [9.17, 15) is 33.6 Å². The fourth-order valence-corrected chi connectivity index (χ4v) is 8.89. The van der Waals surface area contributed by atoms with Gasteiger partial charge in [-0.25, -0.2) is 14.6 Å². The number of ether oxygens (including phenoxy) is 3. The third-order valence-electron chi connectivity index (χ3n) is 10.0. The molecule has 0 radical (unpaired) electrons. The third-order valence-corrected chi connectivity index (χ3v) is 12.5. The number of aromatic amines is 1. The number of ketones is 1. The van der Waals surface area contributed by atoms with Crippen LogP contribution in [0, 0.1) is 5.41 Å². The lowest BCUT2D eigenvalue weighted by Crippen LogP contribution is -2.71. The van der Waals surface area contributed by atoms with Gasteiger partial charge >= 0.3 is 24.0 Å². The van der Waals surface area contributed by atoms with Crippen LogP contribution in [0.4, 0.5) is 10.7 Å². The Morgan fingerprint density at radius 2 is 1.66 bits per heavy atom. The number of aromatic nitrogens is 2. The van der Waals surface area contributed by atoms with E-state index in [1.165, 1.54) is 60.8 Å². The molecule has 0 spiro atoms. The zero-order valence-corrected chi connectivity index (χ0v) is 38.8. The maximum absolute atomic E-state index is 12.8. The highest BCUT2D eigenvalue weighted by Gasteiger charge is 2.64. The number of carbonyl (C=O) groups is 7. The lowest BCUT2D eigenvalue weighted by molar-refractivity contribution is -0.180. The van der Waals surface area contributed by atoms with Crippen molar-refractivity contribution < 1.29 is 52.9 Å². The number of carboxylic acid groups (broad SMARTS) is 1. The minimum absolute atomic E-state index is 0.0380. The molecule has 0 bridgehead atoms. The number of nitrogens with one attached hydrogen (secondary N) is 3. The van der Waals surface area contributed by atoms with Crippen molar-refractivity contribution in [3.63, 3.8) is 0 Å². The van der Waals surface area contributed by atoms with Gasteiger partial charge in [0.15, 0.2) is 0 Å². The smallest absolute Gasteiger partial charge is 0.413 e. The lowest BCUT2D eigenvalue weighted by Gasteiger charge is -2.44. The molecule has 2 aromatic heterocycles. The van der Waals surface area contributed by atoms with Gasteiger partial charge in [-0.1, -0.05) is 75.4 Å². The topological polar surface area (TPSA) is 249 Å². The summed E-state index contributed by atoms with van der Waals surface area (Å²) in [7, 11) is 1.27. The third kappa shape index (κ3) is 13.9. The number of carbonyl (C=O) groups excluding carboxylic acids is 6. The number of fused-ring (bicyclic) bond motifs is 2. The van der Waals surface area contributed by atoms with Crippen LogP contribution in [-0.4, -0.2) is 97.7 Å². The molecule has 0 unspecified atom stereocenters. The van der Waals surface area contributed by atoms with Crippen LogP contribution in [0.2, 0.25) is 0 Å². The van der Waals surface area contributed by atoms with Crippen molar-refractivity contribution in [1.29, 1.82) is 0 Å². The van der Waals surface area contributed by atoms with Gasteiger partial charge in [0.25, 0.3) is 0 Å². The van der Waals surface area contributed by atoms with E-state index >= 15 is 0 Å². The zero-order valence-electron chi connectivity index (χ0n) is 37.1. The van der Waals surface area contributed by atoms with Gasteiger partial charge in [0, 0.05) is 16.7 Å². The molecule has 2 aliphatic heterocycles. The minimum atomic E-state index is -0.907. The molecule has 4 atom stereocenters. The van der Waals surface area contributed by atoms with Crippen molar-refractivity contribution in [3.8, 4) is 0 Å². The molecule has 3 amide bonds. The number of amides is 3. The molecule has 2 aromatic carbocycles. The van der Waals surface area contributed by atoms with Crippen LogP contribution >= 0.6 is 23.1 Å². The quantitative estimate of drug-likeness (QED) is 0.0246. The van der Waals surface area contributed by atoms with Crippen molar-refractivity contribution in [2.45, 2.75) is 115 Å². The summed E-state index contributed by atoms with van der Waals surface area (Å²) in [5.74, 6) is -2.43. The van der Waals surface area contributed by atoms with Crippen LogP contribution < -0.4 is 16.4 Å². The molecule has 2 aliphatic rings. The molecule has 2 fully saturated rings. The molecule has 0 saturated carbocycles. The molecular formula is C45H58N6O11S2. The van der Waals surface area contributed by atoms with Gasteiger partial charge in [-0.15, -0.1) is 23.1 Å². The largest absolute Gasteiger partial charge is 0.481 e. The van der Waals surface area contributed by atoms with Crippen LogP contribution in [0.3, 0.4) is 0 Å². The summed E-state index contributed by atoms with van der Waals surface area (Å²) in [5, 5.41) is 14.9. The van der Waals surface area contributed by atoms with Crippen molar-refractivity contribution in [2.24, 2.45) is 11.1 Å². The molecule has 0 aliphatic carbocycles. The Morgan fingerprint density at radius 3 is 2.28 bits per heavy atom. The summed E-state index contributed by atoms with van der Waals surface area (Å²) in [6.07, 6.45) is 6.64. The van der Waals surface area contributed by atoms with Gasteiger partial charge < -0.3 is 40.3 Å². The summed E-state index contributed by atoms with van der Waals surface area (Å²) >= 11 is 2.80. The van der Waals surface area contributed by atoms with Gasteiger partial charge in [0.1, 0.15) is 23.5 Å². The second kappa shape index (κ2) is 23.2. The second-order valence-corrected chi connectivity index (χ2v) is 19.3. The Balaban J connectivity index is 0.000000239. The average molecular weight is 923 g/mol. The van der Waals surface area contributed by atoms with E-state index < -0.39 is 70.4 Å².